The largest absolute Gasteiger partial charge is 0.383 e. The lowest BCUT2D eigenvalue weighted by Gasteiger charge is -2.22. The van der Waals surface area contributed by atoms with Crippen LogP contribution in [0.25, 0.3) is 0 Å². The molecule has 64 valence electrons. The average Bonchev–Trinajstić information content (AvgIpc) is 1.87. The zero-order valence-electron chi connectivity index (χ0n) is 7.64. The van der Waals surface area contributed by atoms with Gasteiger partial charge in [-0.05, 0) is 20.8 Å². The summed E-state index contributed by atoms with van der Waals surface area (Å²) in [5.41, 5.74) is -0.460. The van der Waals surface area contributed by atoms with Crippen molar-refractivity contribution in [3.05, 3.63) is 0 Å². The highest BCUT2D eigenvalue weighted by atomic mass is 16.5. The Bertz CT molecular complexity index is 149. The van der Waals surface area contributed by atoms with Gasteiger partial charge in [0.25, 0.3) is 0 Å². The van der Waals surface area contributed by atoms with Crippen molar-refractivity contribution < 1.29 is 4.74 Å². The maximum absolute atomic E-state index is 8.66. The van der Waals surface area contributed by atoms with Gasteiger partial charge in [-0.2, -0.15) is 5.26 Å². The van der Waals surface area contributed by atoms with Crippen molar-refractivity contribution in [2.45, 2.75) is 32.4 Å². The fourth-order valence-electron chi connectivity index (χ4n) is 0.940. The topological polar surface area (TPSA) is 45.0 Å². The first-order valence-electron chi connectivity index (χ1n) is 3.69. The summed E-state index contributed by atoms with van der Waals surface area (Å²) in [6.45, 7) is 6.31. The van der Waals surface area contributed by atoms with Crippen LogP contribution in [0, 0.1) is 11.3 Å². The van der Waals surface area contributed by atoms with Crippen LogP contribution < -0.4 is 5.32 Å². The molecule has 11 heavy (non-hydrogen) atoms. The van der Waals surface area contributed by atoms with Crippen LogP contribution in [0.2, 0.25) is 0 Å². The third-order valence-electron chi connectivity index (χ3n) is 1.30. The zero-order chi connectivity index (χ0) is 8.91. The molecule has 1 atom stereocenters. The maximum atomic E-state index is 8.66. The number of methoxy groups -OCH3 is 1. The van der Waals surface area contributed by atoms with E-state index in [0.29, 0.717) is 6.61 Å². The summed E-state index contributed by atoms with van der Waals surface area (Å²) in [5.74, 6) is 0. The Kier molecular flexibility index (Phi) is 4.09. The number of hydrogen-bond donors (Lipinski definition) is 1. The minimum atomic E-state index is -0.460. The fraction of sp³-hybridized carbons (Fsp3) is 0.875. The van der Waals surface area contributed by atoms with Crippen molar-refractivity contribution in [3.8, 4) is 6.07 Å². The predicted molar refractivity (Wildman–Crippen MR) is 44.2 cm³/mol. The highest BCUT2D eigenvalue weighted by Gasteiger charge is 2.18. The minimum absolute atomic E-state index is 0.217. The van der Waals surface area contributed by atoms with Crippen LogP contribution in [0.3, 0.4) is 0 Å². The van der Waals surface area contributed by atoms with Gasteiger partial charge >= 0.3 is 0 Å². The number of hydrogen-bond acceptors (Lipinski definition) is 3. The first-order chi connectivity index (χ1) is 5.02. The van der Waals surface area contributed by atoms with Crippen molar-refractivity contribution in [2.24, 2.45) is 0 Å². The monoisotopic (exact) mass is 156 g/mol. The number of nitriles is 1. The molecule has 0 aliphatic carbocycles. The van der Waals surface area contributed by atoms with Crippen LogP contribution >= 0.6 is 0 Å². The third kappa shape index (κ3) is 4.77. The van der Waals surface area contributed by atoms with Gasteiger partial charge in [0, 0.05) is 13.2 Å². The molecule has 1 unspecified atom stereocenters. The second-order valence-electron chi connectivity index (χ2n) is 3.24. The summed E-state index contributed by atoms with van der Waals surface area (Å²) in [5, 5.41) is 11.8. The van der Waals surface area contributed by atoms with Gasteiger partial charge in [0.15, 0.2) is 0 Å². The molecule has 0 rings (SSSR count). The summed E-state index contributed by atoms with van der Waals surface area (Å²) < 4.78 is 4.92. The van der Waals surface area contributed by atoms with Crippen LogP contribution in [-0.4, -0.2) is 25.3 Å². The quantitative estimate of drug-likeness (QED) is 0.658. The molecule has 0 aromatic carbocycles. The van der Waals surface area contributed by atoms with Crippen LogP contribution in [0.5, 0.6) is 0 Å². The zero-order valence-corrected chi connectivity index (χ0v) is 7.64. The number of rotatable bonds is 4. The smallest absolute Gasteiger partial charge is 0.101 e. The van der Waals surface area contributed by atoms with Crippen molar-refractivity contribution in [1.82, 2.24) is 5.32 Å². The lowest BCUT2D eigenvalue weighted by molar-refractivity contribution is 0.163. The summed E-state index contributed by atoms with van der Waals surface area (Å²) in [6, 6.07) is 2.38. The summed E-state index contributed by atoms with van der Waals surface area (Å²) in [7, 11) is 1.65. The van der Waals surface area contributed by atoms with E-state index in [2.05, 4.69) is 11.4 Å². The standard InChI is InChI=1S/C8H16N2O/c1-7(5-11-4)10-8(2,3)6-9/h7,10H,5H2,1-4H3. The van der Waals surface area contributed by atoms with Gasteiger partial charge in [0.1, 0.15) is 5.54 Å². The van der Waals surface area contributed by atoms with Gasteiger partial charge < -0.3 is 4.74 Å². The molecule has 0 saturated carbocycles. The SMILES string of the molecule is COCC(C)NC(C)(C)C#N. The van der Waals surface area contributed by atoms with Crippen molar-refractivity contribution in [3.63, 3.8) is 0 Å². The first-order valence-corrected chi connectivity index (χ1v) is 3.69. The summed E-state index contributed by atoms with van der Waals surface area (Å²) >= 11 is 0. The van der Waals surface area contributed by atoms with Gasteiger partial charge in [-0.1, -0.05) is 0 Å². The highest BCUT2D eigenvalue weighted by molar-refractivity contribution is 5.00. The number of nitrogens with one attached hydrogen (secondary N) is 1. The normalized spacial score (nSPS) is 14.1. The first kappa shape index (κ1) is 10.4. The second kappa shape index (κ2) is 4.32. The minimum Gasteiger partial charge on any atom is -0.383 e. The Morgan fingerprint density at radius 3 is 2.55 bits per heavy atom. The van der Waals surface area contributed by atoms with Crippen molar-refractivity contribution in [1.29, 1.82) is 5.26 Å². The average molecular weight is 156 g/mol. The van der Waals surface area contributed by atoms with Crippen LogP contribution in [0.4, 0.5) is 0 Å². The van der Waals surface area contributed by atoms with Crippen LogP contribution in [-0.2, 0) is 4.74 Å². The van der Waals surface area contributed by atoms with Crippen LogP contribution in [0.1, 0.15) is 20.8 Å². The van der Waals surface area contributed by atoms with Crippen molar-refractivity contribution >= 4 is 0 Å². The fourth-order valence-corrected chi connectivity index (χ4v) is 0.940. The van der Waals surface area contributed by atoms with Gasteiger partial charge in [-0.15, -0.1) is 0 Å². The van der Waals surface area contributed by atoms with E-state index in [1.54, 1.807) is 7.11 Å². The van der Waals surface area contributed by atoms with Gasteiger partial charge in [-0.25, -0.2) is 0 Å². The molecule has 3 heteroatoms. The molecule has 0 fully saturated rings. The molecule has 3 nitrogen and oxygen atoms in total. The molecule has 0 aromatic heterocycles. The summed E-state index contributed by atoms with van der Waals surface area (Å²) in [4.78, 5) is 0. The van der Waals surface area contributed by atoms with Gasteiger partial charge in [0.05, 0.1) is 12.7 Å². The molecule has 0 aliphatic heterocycles. The Morgan fingerprint density at radius 1 is 1.64 bits per heavy atom. The van der Waals surface area contributed by atoms with E-state index in [-0.39, 0.29) is 6.04 Å². The molecule has 0 heterocycles. The molecule has 0 radical (unpaired) electrons. The molecule has 0 saturated heterocycles. The molecular weight excluding hydrogens is 140 g/mol. The second-order valence-corrected chi connectivity index (χ2v) is 3.24. The maximum Gasteiger partial charge on any atom is 0.101 e. The third-order valence-corrected chi connectivity index (χ3v) is 1.30. The Labute approximate surface area is 68.3 Å². The number of ether oxygens (including phenoxy) is 1. The van der Waals surface area contributed by atoms with E-state index in [0.717, 1.165) is 0 Å². The predicted octanol–water partition coefficient (Wildman–Crippen LogP) is 0.913. The molecule has 0 spiro atoms. The highest BCUT2D eigenvalue weighted by Crippen LogP contribution is 2.00. The van der Waals surface area contributed by atoms with Crippen LogP contribution in [0.15, 0.2) is 0 Å². The molecule has 0 bridgehead atoms. The van der Waals surface area contributed by atoms with E-state index < -0.39 is 5.54 Å². The molecule has 0 aliphatic rings. The van der Waals surface area contributed by atoms with E-state index >= 15 is 0 Å². The Morgan fingerprint density at radius 2 is 2.18 bits per heavy atom. The van der Waals surface area contributed by atoms with E-state index in [1.165, 1.54) is 0 Å². The van der Waals surface area contributed by atoms with E-state index in [9.17, 15) is 0 Å². The van der Waals surface area contributed by atoms with E-state index in [4.69, 9.17) is 10.00 Å². The molecule has 0 aromatic rings. The van der Waals surface area contributed by atoms with Crippen molar-refractivity contribution in [2.75, 3.05) is 13.7 Å². The Balaban J connectivity index is 3.76. The Hall–Kier alpha value is -0.590. The molecule has 1 N–H and O–H groups in total. The lowest BCUT2D eigenvalue weighted by Crippen LogP contribution is -2.45. The lowest BCUT2D eigenvalue weighted by atomic mass is 10.1. The van der Waals surface area contributed by atoms with Gasteiger partial charge in [-0.3, -0.25) is 5.32 Å². The van der Waals surface area contributed by atoms with E-state index in [1.807, 2.05) is 20.8 Å². The number of nitrogens with zero attached hydrogens (tertiary/aromatic N) is 1. The molecule has 0 amide bonds. The van der Waals surface area contributed by atoms with Gasteiger partial charge in [0.2, 0.25) is 0 Å². The molecular formula is C8H16N2O. The summed E-state index contributed by atoms with van der Waals surface area (Å²) in [6.07, 6.45) is 0.